The highest BCUT2D eigenvalue weighted by Crippen LogP contribution is 2.19. The monoisotopic (exact) mass is 411 g/mol. The lowest BCUT2D eigenvalue weighted by Gasteiger charge is -2.19. The summed E-state index contributed by atoms with van der Waals surface area (Å²) in [6, 6.07) is 26.9. The molecule has 3 aromatic rings. The van der Waals surface area contributed by atoms with Gasteiger partial charge in [0.2, 0.25) is 0 Å². The Labute approximate surface area is 181 Å². The van der Waals surface area contributed by atoms with Crippen LogP contribution in [0, 0.1) is 25.3 Å². The molecule has 152 valence electrons. The number of carbonyl (C=O) groups excluding carboxylic acids is 1. The predicted octanol–water partition coefficient (Wildman–Crippen LogP) is 4.86. The summed E-state index contributed by atoms with van der Waals surface area (Å²) < 4.78 is 0. The number of aryl methyl sites for hydroxylation is 2. The Morgan fingerprint density at radius 3 is 2.03 bits per heavy atom. The second-order valence-corrected chi connectivity index (χ2v) is 12.4. The van der Waals surface area contributed by atoms with E-state index in [-0.39, 0.29) is 11.9 Å². The molecule has 0 aliphatic carbocycles. The first kappa shape index (κ1) is 21.6. The maximum absolute atomic E-state index is 12.7. The maximum atomic E-state index is 12.7. The van der Waals surface area contributed by atoms with E-state index < -0.39 is 8.07 Å². The van der Waals surface area contributed by atoms with Crippen LogP contribution in [0.3, 0.4) is 0 Å². The van der Waals surface area contributed by atoms with E-state index in [4.69, 9.17) is 0 Å². The van der Waals surface area contributed by atoms with Gasteiger partial charge in [0.1, 0.15) is 0 Å². The minimum atomic E-state index is -2.00. The molecule has 0 fully saturated rings. The van der Waals surface area contributed by atoms with Crippen molar-refractivity contribution < 1.29 is 4.79 Å². The molecule has 1 unspecified atom stereocenters. The fourth-order valence-corrected chi connectivity index (χ4v) is 4.92. The smallest absolute Gasteiger partial charge is 0.295 e. The van der Waals surface area contributed by atoms with Crippen molar-refractivity contribution in [3.63, 3.8) is 0 Å². The number of amides is 1. The van der Waals surface area contributed by atoms with Gasteiger partial charge < -0.3 is 5.32 Å². The van der Waals surface area contributed by atoms with Crippen LogP contribution in [0.15, 0.2) is 78.9 Å². The summed E-state index contributed by atoms with van der Waals surface area (Å²) in [5.74, 6) is 2.67. The molecule has 0 heterocycles. The first-order chi connectivity index (χ1) is 14.3. The van der Waals surface area contributed by atoms with Gasteiger partial charge in [-0.3, -0.25) is 4.79 Å². The lowest BCUT2D eigenvalue weighted by atomic mass is 9.98. The van der Waals surface area contributed by atoms with Crippen LogP contribution >= 0.6 is 0 Å². The lowest BCUT2D eigenvalue weighted by molar-refractivity contribution is -0.116. The Balaban J connectivity index is 1.77. The number of rotatable bonds is 5. The highest BCUT2D eigenvalue weighted by atomic mass is 28.3. The molecule has 0 aromatic heterocycles. The molecule has 30 heavy (non-hydrogen) atoms. The van der Waals surface area contributed by atoms with Crippen LogP contribution in [0.2, 0.25) is 13.1 Å². The Morgan fingerprint density at radius 2 is 1.43 bits per heavy atom. The van der Waals surface area contributed by atoms with Crippen molar-refractivity contribution in [1.82, 2.24) is 5.32 Å². The fraction of sp³-hybridized carbons (Fsp3) is 0.222. The Kier molecular flexibility index (Phi) is 6.92. The summed E-state index contributed by atoms with van der Waals surface area (Å²) in [6.45, 7) is 8.52. The SMILES string of the molecule is Cc1ccc(CC(NC(=O)C#C[Si](C)(C)c2ccc(C)cc2)c2ccccc2)cc1. The highest BCUT2D eigenvalue weighted by molar-refractivity contribution is 6.96. The third kappa shape index (κ3) is 5.95. The van der Waals surface area contributed by atoms with Crippen LogP contribution in [-0.2, 0) is 11.2 Å². The minimum absolute atomic E-state index is 0.111. The van der Waals surface area contributed by atoms with Gasteiger partial charge in [0, 0.05) is 0 Å². The van der Waals surface area contributed by atoms with Crippen LogP contribution < -0.4 is 10.5 Å². The lowest BCUT2D eigenvalue weighted by Crippen LogP contribution is -2.40. The maximum Gasteiger partial charge on any atom is 0.295 e. The average molecular weight is 412 g/mol. The molecule has 0 radical (unpaired) electrons. The van der Waals surface area contributed by atoms with Gasteiger partial charge in [-0.05, 0) is 42.5 Å². The topological polar surface area (TPSA) is 29.1 Å². The van der Waals surface area contributed by atoms with Crippen molar-refractivity contribution >= 4 is 19.2 Å². The van der Waals surface area contributed by atoms with Crippen LogP contribution in [0.4, 0.5) is 0 Å². The summed E-state index contributed by atoms with van der Waals surface area (Å²) >= 11 is 0. The standard InChI is InChI=1S/C27H29NOSi/c1-21-10-14-23(15-11-21)20-26(24-8-6-5-7-9-24)28-27(29)18-19-30(3,4)25-16-12-22(2)13-17-25/h5-17,26H,20H2,1-4H3,(H,28,29). The second-order valence-electron chi connectivity index (χ2n) is 8.37. The first-order valence-corrected chi connectivity index (χ1v) is 13.3. The number of hydrogen-bond acceptors (Lipinski definition) is 1. The van der Waals surface area contributed by atoms with Gasteiger partial charge in [0.05, 0.1) is 6.04 Å². The number of benzene rings is 3. The molecule has 0 saturated heterocycles. The van der Waals surface area contributed by atoms with E-state index in [0.717, 1.165) is 12.0 Å². The van der Waals surface area contributed by atoms with Crippen molar-refractivity contribution in [2.45, 2.75) is 39.4 Å². The molecule has 0 spiro atoms. The van der Waals surface area contributed by atoms with E-state index >= 15 is 0 Å². The fourth-order valence-electron chi connectivity index (χ4n) is 3.35. The van der Waals surface area contributed by atoms with Gasteiger partial charge in [0.25, 0.3) is 5.91 Å². The number of carbonyl (C=O) groups is 1. The molecule has 0 aliphatic rings. The number of hydrogen-bond donors (Lipinski definition) is 1. The molecule has 3 aromatic carbocycles. The third-order valence-electron chi connectivity index (χ3n) is 5.33. The van der Waals surface area contributed by atoms with E-state index in [1.807, 2.05) is 18.2 Å². The van der Waals surface area contributed by atoms with E-state index in [9.17, 15) is 4.79 Å². The molecule has 1 atom stereocenters. The zero-order chi connectivity index (χ0) is 21.6. The Hall–Kier alpha value is -3.09. The quantitative estimate of drug-likeness (QED) is 0.471. The first-order valence-electron chi connectivity index (χ1n) is 10.3. The van der Waals surface area contributed by atoms with Crippen molar-refractivity contribution in [2.75, 3.05) is 0 Å². The minimum Gasteiger partial charge on any atom is -0.338 e. The Morgan fingerprint density at radius 1 is 0.867 bits per heavy atom. The van der Waals surface area contributed by atoms with Gasteiger partial charge >= 0.3 is 0 Å². The van der Waals surface area contributed by atoms with Crippen molar-refractivity contribution in [1.29, 1.82) is 0 Å². The summed E-state index contributed by atoms with van der Waals surface area (Å²) in [6.07, 6.45) is 0.733. The molecule has 3 rings (SSSR count). The molecule has 0 aliphatic heterocycles. The molecular formula is C27H29NOSi. The van der Waals surface area contributed by atoms with Crippen LogP contribution in [0.5, 0.6) is 0 Å². The van der Waals surface area contributed by atoms with Crippen LogP contribution in [0.25, 0.3) is 0 Å². The van der Waals surface area contributed by atoms with Crippen LogP contribution in [0.1, 0.15) is 28.3 Å². The van der Waals surface area contributed by atoms with Crippen LogP contribution in [-0.4, -0.2) is 14.0 Å². The van der Waals surface area contributed by atoms with Gasteiger partial charge in [-0.1, -0.05) is 103 Å². The molecule has 1 amide bonds. The average Bonchev–Trinajstić information content (AvgIpc) is 2.74. The van der Waals surface area contributed by atoms with Gasteiger partial charge in [-0.25, -0.2) is 0 Å². The molecule has 1 N–H and O–H groups in total. The normalized spacial score (nSPS) is 11.9. The molecule has 0 saturated carbocycles. The largest absolute Gasteiger partial charge is 0.338 e. The van der Waals surface area contributed by atoms with Gasteiger partial charge in [0.15, 0.2) is 8.07 Å². The zero-order valence-electron chi connectivity index (χ0n) is 18.2. The van der Waals surface area contributed by atoms with E-state index in [0.29, 0.717) is 0 Å². The third-order valence-corrected chi connectivity index (χ3v) is 7.86. The number of nitrogens with one attached hydrogen (secondary N) is 1. The van der Waals surface area contributed by atoms with E-state index in [1.165, 1.54) is 21.9 Å². The zero-order valence-corrected chi connectivity index (χ0v) is 19.2. The van der Waals surface area contributed by atoms with E-state index in [1.54, 1.807) is 0 Å². The summed E-state index contributed by atoms with van der Waals surface area (Å²) in [5.41, 5.74) is 8.04. The highest BCUT2D eigenvalue weighted by Gasteiger charge is 2.21. The summed E-state index contributed by atoms with van der Waals surface area (Å²) in [5, 5.41) is 4.38. The molecule has 0 bridgehead atoms. The van der Waals surface area contributed by atoms with Crippen molar-refractivity contribution in [2.24, 2.45) is 0 Å². The Bertz CT molecular complexity index is 1040. The predicted molar refractivity (Wildman–Crippen MR) is 128 cm³/mol. The molecule has 2 nitrogen and oxygen atoms in total. The molecule has 3 heteroatoms. The summed E-state index contributed by atoms with van der Waals surface area (Å²) in [4.78, 5) is 12.7. The van der Waals surface area contributed by atoms with Gasteiger partial charge in [-0.15, -0.1) is 5.54 Å². The van der Waals surface area contributed by atoms with Gasteiger partial charge in [-0.2, -0.15) is 0 Å². The second kappa shape index (κ2) is 9.60. The summed E-state index contributed by atoms with van der Waals surface area (Å²) in [7, 11) is -2.00. The van der Waals surface area contributed by atoms with Crippen molar-refractivity contribution in [3.05, 3.63) is 101 Å². The van der Waals surface area contributed by atoms with Crippen molar-refractivity contribution in [3.8, 4) is 11.5 Å². The van der Waals surface area contributed by atoms with E-state index in [2.05, 4.69) is 104 Å². The molecular weight excluding hydrogens is 382 g/mol.